The van der Waals surface area contributed by atoms with E-state index >= 15 is 0 Å². The quantitative estimate of drug-likeness (QED) is 0.650. The Morgan fingerprint density at radius 3 is 2.80 bits per heavy atom. The predicted octanol–water partition coefficient (Wildman–Crippen LogP) is 1.42. The standard InChI is InChI=1S/C15H30N2O3/c1-5-19-15(18)14(16-12(2)3)8-9-17(4)11-13-7-6-10-20-13/h12-14,16H,5-11H2,1-4H3. The van der Waals surface area contributed by atoms with Gasteiger partial charge in [-0.15, -0.1) is 0 Å². The van der Waals surface area contributed by atoms with Crippen molar-refractivity contribution in [1.82, 2.24) is 10.2 Å². The molecule has 118 valence electrons. The first-order valence-electron chi connectivity index (χ1n) is 7.75. The van der Waals surface area contributed by atoms with Crippen LogP contribution in [-0.4, -0.2) is 62.4 Å². The van der Waals surface area contributed by atoms with Gasteiger partial charge < -0.3 is 19.7 Å². The molecule has 5 nitrogen and oxygen atoms in total. The molecule has 0 spiro atoms. The van der Waals surface area contributed by atoms with Crippen molar-refractivity contribution in [3.63, 3.8) is 0 Å². The zero-order chi connectivity index (χ0) is 15.0. The van der Waals surface area contributed by atoms with E-state index in [9.17, 15) is 4.79 Å². The number of rotatable bonds is 9. The van der Waals surface area contributed by atoms with Gasteiger partial charge in [-0.05, 0) is 39.8 Å². The zero-order valence-electron chi connectivity index (χ0n) is 13.4. The van der Waals surface area contributed by atoms with Crippen LogP contribution in [0.5, 0.6) is 0 Å². The minimum atomic E-state index is -0.220. The van der Waals surface area contributed by atoms with Gasteiger partial charge in [-0.2, -0.15) is 0 Å². The summed E-state index contributed by atoms with van der Waals surface area (Å²) in [5.74, 6) is -0.147. The van der Waals surface area contributed by atoms with Crippen molar-refractivity contribution in [2.75, 3.05) is 33.4 Å². The summed E-state index contributed by atoms with van der Waals surface area (Å²) in [6.07, 6.45) is 3.44. The molecular formula is C15H30N2O3. The molecule has 5 heteroatoms. The van der Waals surface area contributed by atoms with E-state index in [1.807, 2.05) is 20.8 Å². The van der Waals surface area contributed by atoms with Gasteiger partial charge in [0.1, 0.15) is 6.04 Å². The Balaban J connectivity index is 2.33. The maximum absolute atomic E-state index is 11.9. The molecule has 0 bridgehead atoms. The van der Waals surface area contributed by atoms with E-state index < -0.39 is 0 Å². The molecule has 0 aromatic carbocycles. The highest BCUT2D eigenvalue weighted by Crippen LogP contribution is 2.13. The lowest BCUT2D eigenvalue weighted by Gasteiger charge is -2.24. The summed E-state index contributed by atoms with van der Waals surface area (Å²) in [4.78, 5) is 14.1. The summed E-state index contributed by atoms with van der Waals surface area (Å²) in [5, 5.41) is 3.28. The van der Waals surface area contributed by atoms with Crippen LogP contribution in [0.25, 0.3) is 0 Å². The summed E-state index contributed by atoms with van der Waals surface area (Å²) in [6.45, 7) is 9.05. The molecule has 20 heavy (non-hydrogen) atoms. The minimum absolute atomic E-state index is 0.147. The molecule has 1 aliphatic rings. The van der Waals surface area contributed by atoms with Gasteiger partial charge in [0.25, 0.3) is 0 Å². The highest BCUT2D eigenvalue weighted by molar-refractivity contribution is 5.75. The smallest absolute Gasteiger partial charge is 0.323 e. The summed E-state index contributed by atoms with van der Waals surface area (Å²) >= 11 is 0. The van der Waals surface area contributed by atoms with Crippen LogP contribution in [0.15, 0.2) is 0 Å². The molecule has 1 N–H and O–H groups in total. The summed E-state index contributed by atoms with van der Waals surface area (Å²) in [7, 11) is 2.08. The van der Waals surface area contributed by atoms with E-state index in [0.717, 1.165) is 32.5 Å². The molecule has 1 fully saturated rings. The second kappa shape index (κ2) is 9.32. The molecule has 0 aromatic heterocycles. The van der Waals surface area contributed by atoms with Crippen molar-refractivity contribution in [2.24, 2.45) is 0 Å². The second-order valence-electron chi connectivity index (χ2n) is 5.81. The number of carbonyl (C=O) groups is 1. The number of ether oxygens (including phenoxy) is 2. The minimum Gasteiger partial charge on any atom is -0.465 e. The highest BCUT2D eigenvalue weighted by atomic mass is 16.5. The van der Waals surface area contributed by atoms with Gasteiger partial charge in [-0.3, -0.25) is 4.79 Å². The molecule has 0 amide bonds. The van der Waals surface area contributed by atoms with Crippen molar-refractivity contribution in [3.05, 3.63) is 0 Å². The first-order chi connectivity index (χ1) is 9.52. The average molecular weight is 286 g/mol. The Morgan fingerprint density at radius 2 is 2.25 bits per heavy atom. The molecule has 0 aromatic rings. The van der Waals surface area contributed by atoms with Crippen LogP contribution in [0.3, 0.4) is 0 Å². The number of esters is 1. The van der Waals surface area contributed by atoms with Gasteiger partial charge in [0.2, 0.25) is 0 Å². The number of hydrogen-bond donors (Lipinski definition) is 1. The first kappa shape index (κ1) is 17.4. The van der Waals surface area contributed by atoms with Gasteiger partial charge in [0, 0.05) is 19.2 Å². The van der Waals surface area contributed by atoms with Crippen LogP contribution >= 0.6 is 0 Å². The van der Waals surface area contributed by atoms with Crippen LogP contribution in [-0.2, 0) is 14.3 Å². The van der Waals surface area contributed by atoms with Gasteiger partial charge in [0.05, 0.1) is 12.7 Å². The molecule has 1 aliphatic heterocycles. The van der Waals surface area contributed by atoms with Crippen LogP contribution in [0.1, 0.15) is 40.0 Å². The molecule has 2 atom stereocenters. The third-order valence-corrected chi connectivity index (χ3v) is 3.44. The molecular weight excluding hydrogens is 256 g/mol. The van der Waals surface area contributed by atoms with E-state index in [-0.39, 0.29) is 18.1 Å². The second-order valence-corrected chi connectivity index (χ2v) is 5.81. The highest BCUT2D eigenvalue weighted by Gasteiger charge is 2.22. The Hall–Kier alpha value is -0.650. The molecule has 2 unspecified atom stereocenters. The van der Waals surface area contributed by atoms with E-state index in [2.05, 4.69) is 17.3 Å². The fourth-order valence-corrected chi connectivity index (χ4v) is 2.49. The van der Waals surface area contributed by atoms with E-state index in [1.54, 1.807) is 0 Å². The van der Waals surface area contributed by atoms with Gasteiger partial charge in [0.15, 0.2) is 0 Å². The molecule has 1 heterocycles. The molecule has 0 saturated carbocycles. The monoisotopic (exact) mass is 286 g/mol. The van der Waals surface area contributed by atoms with Gasteiger partial charge >= 0.3 is 5.97 Å². The largest absolute Gasteiger partial charge is 0.465 e. The van der Waals surface area contributed by atoms with E-state index in [4.69, 9.17) is 9.47 Å². The van der Waals surface area contributed by atoms with Crippen molar-refractivity contribution in [1.29, 1.82) is 0 Å². The Bertz CT molecular complexity index is 278. The Labute approximate surface area is 123 Å². The van der Waals surface area contributed by atoms with Crippen molar-refractivity contribution in [3.8, 4) is 0 Å². The zero-order valence-corrected chi connectivity index (χ0v) is 13.4. The number of hydrogen-bond acceptors (Lipinski definition) is 5. The van der Waals surface area contributed by atoms with Crippen LogP contribution in [0, 0.1) is 0 Å². The number of nitrogens with one attached hydrogen (secondary N) is 1. The Kier molecular flexibility index (Phi) is 8.11. The lowest BCUT2D eigenvalue weighted by atomic mass is 10.1. The first-order valence-corrected chi connectivity index (χ1v) is 7.75. The van der Waals surface area contributed by atoms with Crippen LogP contribution in [0.4, 0.5) is 0 Å². The lowest BCUT2D eigenvalue weighted by molar-refractivity contribution is -0.146. The number of carbonyl (C=O) groups excluding carboxylic acids is 1. The van der Waals surface area contributed by atoms with Gasteiger partial charge in [-0.1, -0.05) is 13.8 Å². The maximum Gasteiger partial charge on any atom is 0.323 e. The molecule has 0 aliphatic carbocycles. The predicted molar refractivity (Wildman–Crippen MR) is 79.8 cm³/mol. The number of likely N-dealkylation sites (N-methyl/N-ethyl adjacent to an activating group) is 1. The summed E-state index contributed by atoms with van der Waals surface area (Å²) < 4.78 is 10.8. The van der Waals surface area contributed by atoms with Crippen molar-refractivity contribution in [2.45, 2.75) is 58.2 Å². The fraction of sp³-hybridized carbons (Fsp3) is 0.933. The average Bonchev–Trinajstić information content (AvgIpc) is 2.87. The van der Waals surface area contributed by atoms with Crippen LogP contribution < -0.4 is 5.32 Å². The maximum atomic E-state index is 11.9. The van der Waals surface area contributed by atoms with E-state index in [1.165, 1.54) is 6.42 Å². The third-order valence-electron chi connectivity index (χ3n) is 3.44. The summed E-state index contributed by atoms with van der Waals surface area (Å²) in [5.41, 5.74) is 0. The SMILES string of the molecule is CCOC(=O)C(CCN(C)CC1CCCO1)NC(C)C. The number of nitrogens with zero attached hydrogens (tertiary/aromatic N) is 1. The summed E-state index contributed by atoms with van der Waals surface area (Å²) in [6, 6.07) is 0.0507. The fourth-order valence-electron chi connectivity index (χ4n) is 2.49. The molecule has 0 radical (unpaired) electrons. The Morgan fingerprint density at radius 1 is 1.50 bits per heavy atom. The van der Waals surface area contributed by atoms with Gasteiger partial charge in [-0.25, -0.2) is 0 Å². The normalized spacial score (nSPS) is 20.6. The molecule has 1 saturated heterocycles. The van der Waals surface area contributed by atoms with Crippen molar-refractivity contribution < 1.29 is 14.3 Å². The van der Waals surface area contributed by atoms with Crippen molar-refractivity contribution >= 4 is 5.97 Å². The topological polar surface area (TPSA) is 50.8 Å². The molecule has 1 rings (SSSR count). The van der Waals surface area contributed by atoms with E-state index in [0.29, 0.717) is 12.7 Å². The lowest BCUT2D eigenvalue weighted by Crippen LogP contribution is -2.44. The van der Waals surface area contributed by atoms with Crippen LogP contribution in [0.2, 0.25) is 0 Å². The third kappa shape index (κ3) is 6.68.